The van der Waals surface area contributed by atoms with Crippen LogP contribution in [0, 0.1) is 0 Å². The van der Waals surface area contributed by atoms with Crippen molar-refractivity contribution in [2.75, 3.05) is 0 Å². The Hall–Kier alpha value is -3.99. The number of aliphatic carboxylic acids is 2. The fourth-order valence-corrected chi connectivity index (χ4v) is 4.89. The SMILES string of the molecule is O=C(O)CC(NC(=O)C(CCc1ccccc1)P(=O)(O)O)C(=O)NC(Cc1c[nH]c2ccccc12)C(=O)O. The van der Waals surface area contributed by atoms with Gasteiger partial charge in [0, 0.05) is 23.5 Å². The van der Waals surface area contributed by atoms with Gasteiger partial charge in [0.05, 0.1) is 6.42 Å². The van der Waals surface area contributed by atoms with Crippen molar-refractivity contribution < 1.29 is 43.7 Å². The number of hydrogen-bond acceptors (Lipinski definition) is 5. The first-order valence-electron chi connectivity index (χ1n) is 11.6. The van der Waals surface area contributed by atoms with Crippen molar-refractivity contribution in [3.05, 3.63) is 71.9 Å². The summed E-state index contributed by atoms with van der Waals surface area (Å²) < 4.78 is 12.1. The lowest BCUT2D eigenvalue weighted by Crippen LogP contribution is -2.54. The van der Waals surface area contributed by atoms with Crippen molar-refractivity contribution in [1.29, 1.82) is 0 Å². The van der Waals surface area contributed by atoms with Crippen molar-refractivity contribution in [3.8, 4) is 0 Å². The number of amides is 2. The second-order valence-corrected chi connectivity index (χ2v) is 10.6. The van der Waals surface area contributed by atoms with Crippen LogP contribution in [0.25, 0.3) is 10.9 Å². The Morgan fingerprint density at radius 1 is 0.868 bits per heavy atom. The van der Waals surface area contributed by atoms with E-state index in [0.717, 1.165) is 16.5 Å². The van der Waals surface area contributed by atoms with Gasteiger partial charge in [-0.05, 0) is 30.0 Å². The van der Waals surface area contributed by atoms with Gasteiger partial charge in [-0.2, -0.15) is 0 Å². The van der Waals surface area contributed by atoms with Crippen LogP contribution in [-0.2, 0) is 36.6 Å². The number of hydrogen-bond donors (Lipinski definition) is 7. The molecule has 0 saturated heterocycles. The number of aryl methyl sites for hydroxylation is 1. The second-order valence-electron chi connectivity index (χ2n) is 8.75. The van der Waals surface area contributed by atoms with E-state index in [1.54, 1.807) is 60.8 Å². The highest BCUT2D eigenvalue weighted by molar-refractivity contribution is 7.53. The molecule has 202 valence electrons. The first-order valence-corrected chi connectivity index (χ1v) is 13.3. The predicted molar refractivity (Wildman–Crippen MR) is 136 cm³/mol. The van der Waals surface area contributed by atoms with E-state index in [0.29, 0.717) is 5.56 Å². The molecule has 0 aliphatic carbocycles. The average Bonchev–Trinajstić information content (AvgIpc) is 3.25. The van der Waals surface area contributed by atoms with E-state index in [2.05, 4.69) is 15.6 Å². The molecule has 38 heavy (non-hydrogen) atoms. The highest BCUT2D eigenvalue weighted by atomic mass is 31.2. The Morgan fingerprint density at radius 2 is 1.50 bits per heavy atom. The van der Waals surface area contributed by atoms with Crippen LogP contribution in [0.3, 0.4) is 0 Å². The van der Waals surface area contributed by atoms with Crippen molar-refractivity contribution in [3.63, 3.8) is 0 Å². The van der Waals surface area contributed by atoms with Crippen molar-refractivity contribution in [2.24, 2.45) is 0 Å². The zero-order valence-corrected chi connectivity index (χ0v) is 21.0. The Kier molecular flexibility index (Phi) is 9.40. The van der Waals surface area contributed by atoms with E-state index in [1.165, 1.54) is 0 Å². The lowest BCUT2D eigenvalue weighted by atomic mass is 10.0. The number of rotatable bonds is 13. The highest BCUT2D eigenvalue weighted by Gasteiger charge is 2.38. The van der Waals surface area contributed by atoms with E-state index in [1.807, 2.05) is 0 Å². The molecule has 12 nitrogen and oxygen atoms in total. The van der Waals surface area contributed by atoms with Gasteiger partial charge in [0.15, 0.2) is 0 Å². The van der Waals surface area contributed by atoms with E-state index >= 15 is 0 Å². The molecule has 0 bridgehead atoms. The zero-order chi connectivity index (χ0) is 27.9. The topological polar surface area (TPSA) is 206 Å². The van der Waals surface area contributed by atoms with Crippen LogP contribution >= 0.6 is 7.60 Å². The molecule has 3 atom stereocenters. The van der Waals surface area contributed by atoms with Gasteiger partial charge in [0.1, 0.15) is 17.7 Å². The molecule has 0 fully saturated rings. The van der Waals surface area contributed by atoms with Crippen molar-refractivity contribution in [2.45, 2.75) is 43.4 Å². The third-order valence-corrected chi connectivity index (χ3v) is 7.29. The summed E-state index contributed by atoms with van der Waals surface area (Å²) in [6.45, 7) is 0. The molecule has 13 heteroatoms. The van der Waals surface area contributed by atoms with Gasteiger partial charge in [-0.1, -0.05) is 48.5 Å². The Balaban J connectivity index is 1.74. The molecule has 0 aliphatic rings. The highest BCUT2D eigenvalue weighted by Crippen LogP contribution is 2.43. The van der Waals surface area contributed by atoms with Crippen molar-refractivity contribution >= 4 is 42.3 Å². The fraction of sp³-hybridized carbons (Fsp3) is 0.280. The maximum atomic E-state index is 12.9. The van der Waals surface area contributed by atoms with Crippen LogP contribution in [0.5, 0.6) is 0 Å². The Labute approximate surface area is 217 Å². The first-order chi connectivity index (χ1) is 18.0. The maximum Gasteiger partial charge on any atom is 0.337 e. The van der Waals surface area contributed by atoms with Gasteiger partial charge >= 0.3 is 19.5 Å². The molecule has 0 aliphatic heterocycles. The van der Waals surface area contributed by atoms with Gasteiger partial charge in [-0.15, -0.1) is 0 Å². The molecular formula is C25H28N3O9P. The summed E-state index contributed by atoms with van der Waals surface area (Å²) in [6.07, 6.45) is 0.413. The van der Waals surface area contributed by atoms with E-state index in [4.69, 9.17) is 0 Å². The third-order valence-electron chi connectivity index (χ3n) is 5.98. The minimum atomic E-state index is -4.98. The normalized spacial score (nSPS) is 13.8. The summed E-state index contributed by atoms with van der Waals surface area (Å²) in [7, 11) is -4.98. The summed E-state index contributed by atoms with van der Waals surface area (Å²) >= 11 is 0. The van der Waals surface area contributed by atoms with Crippen LogP contribution in [0.2, 0.25) is 0 Å². The number of carbonyl (C=O) groups is 4. The molecule has 3 aromatic rings. The number of para-hydroxylation sites is 1. The quantitative estimate of drug-likeness (QED) is 0.155. The molecule has 2 amide bonds. The molecular weight excluding hydrogens is 517 g/mol. The molecule has 3 unspecified atom stereocenters. The minimum absolute atomic E-state index is 0.138. The number of aromatic nitrogens is 1. The lowest BCUT2D eigenvalue weighted by molar-refractivity contribution is -0.143. The van der Waals surface area contributed by atoms with Gasteiger partial charge in [0.25, 0.3) is 0 Å². The molecule has 0 saturated carbocycles. The first kappa shape index (κ1) is 28.6. The smallest absolute Gasteiger partial charge is 0.337 e. The number of nitrogens with one attached hydrogen (secondary N) is 3. The third kappa shape index (κ3) is 7.75. The summed E-state index contributed by atoms with van der Waals surface area (Å²) in [5.41, 5.74) is 0.232. The molecule has 1 aromatic heterocycles. The molecule has 2 aromatic carbocycles. The van der Waals surface area contributed by atoms with Gasteiger partial charge in [0.2, 0.25) is 11.8 Å². The summed E-state index contributed by atoms with van der Waals surface area (Å²) in [4.78, 5) is 71.6. The van der Waals surface area contributed by atoms with Crippen LogP contribution in [0.4, 0.5) is 0 Å². The maximum absolute atomic E-state index is 12.9. The largest absolute Gasteiger partial charge is 0.481 e. The van der Waals surface area contributed by atoms with E-state index < -0.39 is 55.5 Å². The van der Waals surface area contributed by atoms with E-state index in [-0.39, 0.29) is 19.3 Å². The Bertz CT molecular complexity index is 1350. The van der Waals surface area contributed by atoms with Crippen LogP contribution in [-0.4, -0.2) is 66.5 Å². The minimum Gasteiger partial charge on any atom is -0.481 e. The number of benzene rings is 2. The average molecular weight is 545 g/mol. The number of carboxylic acids is 2. The summed E-state index contributed by atoms with van der Waals surface area (Å²) in [5.74, 6) is -5.19. The summed E-state index contributed by atoms with van der Waals surface area (Å²) in [5, 5.41) is 24.0. The molecule has 7 N–H and O–H groups in total. The van der Waals surface area contributed by atoms with Crippen LogP contribution < -0.4 is 10.6 Å². The van der Waals surface area contributed by atoms with Crippen LogP contribution in [0.15, 0.2) is 60.8 Å². The Morgan fingerprint density at radius 3 is 2.13 bits per heavy atom. The number of carboxylic acid groups (broad SMARTS) is 2. The van der Waals surface area contributed by atoms with Gasteiger partial charge in [-0.25, -0.2) is 4.79 Å². The van der Waals surface area contributed by atoms with Crippen molar-refractivity contribution in [1.82, 2.24) is 15.6 Å². The molecule has 1 heterocycles. The number of aromatic amines is 1. The predicted octanol–water partition coefficient (Wildman–Crippen LogP) is 1.42. The number of fused-ring (bicyclic) bond motifs is 1. The molecule has 0 radical (unpaired) electrons. The van der Waals surface area contributed by atoms with Crippen LogP contribution in [0.1, 0.15) is 24.0 Å². The lowest BCUT2D eigenvalue weighted by Gasteiger charge is -2.23. The van der Waals surface area contributed by atoms with E-state index in [9.17, 15) is 43.7 Å². The number of carbonyl (C=O) groups excluding carboxylic acids is 2. The second kappa shape index (κ2) is 12.5. The monoisotopic (exact) mass is 545 g/mol. The fourth-order valence-electron chi connectivity index (χ4n) is 4.04. The summed E-state index contributed by atoms with van der Waals surface area (Å²) in [6, 6.07) is 12.5. The van der Waals surface area contributed by atoms with Gasteiger partial charge < -0.3 is 35.6 Å². The standard InChI is InChI=1S/C25H28N3O9P/c29-22(30)13-19(27-24(32)21(38(35,36)37)11-10-15-6-2-1-3-7-15)23(31)28-20(25(33)34)12-16-14-26-18-9-5-4-8-17(16)18/h1-9,14,19-21,26H,10-13H2,(H,27,32)(H,28,31)(H,29,30)(H,33,34)(H2,35,36,37). The molecule has 3 rings (SSSR count). The molecule has 0 spiro atoms. The zero-order valence-electron chi connectivity index (χ0n) is 20.1. The number of H-pyrrole nitrogens is 1. The van der Waals surface area contributed by atoms with Gasteiger partial charge in [-0.3, -0.25) is 18.9 Å².